The normalized spacial score (nSPS) is 12.7. The van der Waals surface area contributed by atoms with Crippen LogP contribution in [0, 0.1) is 0 Å². The molecule has 0 N–H and O–H groups in total. The number of nitrogens with zero attached hydrogens (tertiary/aromatic N) is 2. The highest BCUT2D eigenvalue weighted by Gasteiger charge is 2.52. The van der Waals surface area contributed by atoms with E-state index >= 15 is 0 Å². The smallest absolute Gasteiger partial charge is 0.0725 e. The largest absolute Gasteiger partial charge is 0.310 e. The van der Waals surface area contributed by atoms with Crippen LogP contribution in [0.3, 0.4) is 0 Å². The Bertz CT molecular complexity index is 3580. The molecule has 2 aliphatic carbocycles. The van der Waals surface area contributed by atoms with Crippen LogP contribution in [0.15, 0.2) is 255 Å². The first kappa shape index (κ1) is 37.1. The van der Waals surface area contributed by atoms with E-state index < -0.39 is 5.41 Å². The molecule has 0 heterocycles. The van der Waals surface area contributed by atoms with Crippen LogP contribution in [-0.2, 0) is 5.41 Å². The fraction of sp³-hybridized carbons (Fsp3) is 0.0159. The van der Waals surface area contributed by atoms with Gasteiger partial charge in [-0.25, -0.2) is 0 Å². The summed E-state index contributed by atoms with van der Waals surface area (Å²) in [4.78, 5) is 4.86. The number of rotatable bonds is 7. The molecule has 0 fully saturated rings. The van der Waals surface area contributed by atoms with Crippen molar-refractivity contribution in [2.45, 2.75) is 5.41 Å². The second kappa shape index (κ2) is 14.8. The fourth-order valence-electron chi connectivity index (χ4n) is 11.1. The predicted octanol–water partition coefficient (Wildman–Crippen LogP) is 16.9. The van der Waals surface area contributed by atoms with Gasteiger partial charge in [-0.15, -0.1) is 0 Å². The minimum Gasteiger partial charge on any atom is -0.310 e. The van der Waals surface area contributed by atoms with Gasteiger partial charge in [-0.3, -0.25) is 0 Å². The van der Waals surface area contributed by atoms with E-state index in [1.807, 2.05) is 0 Å². The van der Waals surface area contributed by atoms with Crippen molar-refractivity contribution in [1.82, 2.24) is 0 Å². The van der Waals surface area contributed by atoms with Gasteiger partial charge in [-0.2, -0.15) is 0 Å². The minimum absolute atomic E-state index is 0.467. The zero-order chi connectivity index (χ0) is 42.9. The van der Waals surface area contributed by atoms with Crippen LogP contribution >= 0.6 is 0 Å². The minimum atomic E-state index is -0.467. The first-order valence-electron chi connectivity index (χ1n) is 22.5. The molecule has 0 bridgehead atoms. The molecular weight excluding hydrogens is 785 g/mol. The van der Waals surface area contributed by atoms with Crippen molar-refractivity contribution in [3.05, 3.63) is 277 Å². The molecule has 0 aromatic heterocycles. The summed E-state index contributed by atoms with van der Waals surface area (Å²) in [6.45, 7) is 0. The maximum absolute atomic E-state index is 2.45. The number of anilines is 6. The summed E-state index contributed by atoms with van der Waals surface area (Å²) in [5.74, 6) is 0. The first-order valence-corrected chi connectivity index (χ1v) is 22.5. The zero-order valence-corrected chi connectivity index (χ0v) is 35.6. The Morgan fingerprint density at radius 1 is 0.231 bits per heavy atom. The highest BCUT2D eigenvalue weighted by Crippen LogP contribution is 2.64. The van der Waals surface area contributed by atoms with Crippen LogP contribution in [0.5, 0.6) is 0 Å². The summed E-state index contributed by atoms with van der Waals surface area (Å²) < 4.78 is 0. The van der Waals surface area contributed by atoms with E-state index in [4.69, 9.17) is 0 Å². The van der Waals surface area contributed by atoms with Crippen LogP contribution in [0.4, 0.5) is 34.1 Å². The molecule has 2 aliphatic rings. The lowest BCUT2D eigenvalue weighted by atomic mass is 9.70. The van der Waals surface area contributed by atoms with Gasteiger partial charge in [0.05, 0.1) is 11.1 Å². The lowest BCUT2D eigenvalue weighted by molar-refractivity contribution is 0.794. The highest BCUT2D eigenvalue weighted by molar-refractivity contribution is 6.04. The van der Waals surface area contributed by atoms with Crippen LogP contribution in [0.25, 0.3) is 54.9 Å². The molecule has 304 valence electrons. The molecule has 0 atom stereocenters. The van der Waals surface area contributed by atoms with Crippen molar-refractivity contribution in [2.24, 2.45) is 0 Å². The molecule has 0 radical (unpaired) electrons. The Morgan fingerprint density at radius 3 is 1.25 bits per heavy atom. The number of hydrogen-bond donors (Lipinski definition) is 0. The van der Waals surface area contributed by atoms with Crippen molar-refractivity contribution in [3.8, 4) is 33.4 Å². The quantitative estimate of drug-likeness (QED) is 0.158. The van der Waals surface area contributed by atoms with E-state index in [0.717, 1.165) is 39.7 Å². The standard InChI is InChI=1S/C63H42N2/c1-3-22-47(23-4-1)64(49-36-34-43-18-7-9-20-45(43)40-49)51-38-39-61(65(48-24-5-2-6-25-48)50-37-35-44-19-8-10-21-46(44)41-50)56(42-51)54-29-17-33-60-62(54)55-28-13-16-32-59(55)63(60)57-30-14-11-26-52(57)53-27-12-15-31-58(53)63/h1-42H. The maximum Gasteiger partial charge on any atom is 0.0725 e. The molecule has 11 aromatic carbocycles. The molecule has 0 aliphatic heterocycles. The fourth-order valence-corrected chi connectivity index (χ4v) is 11.1. The number of hydrogen-bond acceptors (Lipinski definition) is 2. The molecular formula is C63H42N2. The van der Waals surface area contributed by atoms with Gasteiger partial charge in [0.25, 0.3) is 0 Å². The van der Waals surface area contributed by atoms with E-state index in [1.54, 1.807) is 0 Å². The molecule has 0 saturated heterocycles. The van der Waals surface area contributed by atoms with E-state index in [9.17, 15) is 0 Å². The summed E-state index contributed by atoms with van der Waals surface area (Å²) in [6.07, 6.45) is 0. The second-order valence-electron chi connectivity index (χ2n) is 17.2. The Morgan fingerprint density at radius 2 is 0.646 bits per heavy atom. The molecule has 2 nitrogen and oxygen atoms in total. The summed E-state index contributed by atoms with van der Waals surface area (Å²) in [7, 11) is 0. The van der Waals surface area contributed by atoms with Crippen molar-refractivity contribution in [2.75, 3.05) is 9.80 Å². The van der Waals surface area contributed by atoms with Gasteiger partial charge < -0.3 is 9.80 Å². The van der Waals surface area contributed by atoms with Gasteiger partial charge in [0, 0.05) is 34.0 Å². The average molecular weight is 827 g/mol. The van der Waals surface area contributed by atoms with Gasteiger partial charge in [0.1, 0.15) is 0 Å². The molecule has 13 rings (SSSR count). The van der Waals surface area contributed by atoms with Gasteiger partial charge >= 0.3 is 0 Å². The lowest BCUT2D eigenvalue weighted by Gasteiger charge is -2.32. The van der Waals surface area contributed by atoms with E-state index in [1.165, 1.54) is 71.6 Å². The Hall–Kier alpha value is -8.46. The summed E-state index contributed by atoms with van der Waals surface area (Å²) in [5, 5.41) is 4.84. The Kier molecular flexibility index (Phi) is 8.47. The third-order valence-corrected chi connectivity index (χ3v) is 13.8. The van der Waals surface area contributed by atoms with Crippen molar-refractivity contribution in [1.29, 1.82) is 0 Å². The topological polar surface area (TPSA) is 6.48 Å². The van der Waals surface area contributed by atoms with Crippen molar-refractivity contribution in [3.63, 3.8) is 0 Å². The van der Waals surface area contributed by atoms with Crippen LogP contribution in [-0.4, -0.2) is 0 Å². The lowest BCUT2D eigenvalue weighted by Crippen LogP contribution is -2.25. The molecule has 2 heteroatoms. The Balaban J connectivity index is 1.13. The second-order valence-corrected chi connectivity index (χ2v) is 17.2. The summed E-state index contributed by atoms with van der Waals surface area (Å²) >= 11 is 0. The first-order chi connectivity index (χ1) is 32.3. The molecule has 65 heavy (non-hydrogen) atoms. The van der Waals surface area contributed by atoms with Crippen molar-refractivity contribution >= 4 is 55.7 Å². The number of benzene rings is 11. The monoisotopic (exact) mass is 826 g/mol. The molecule has 1 spiro atoms. The van der Waals surface area contributed by atoms with Crippen LogP contribution in [0.2, 0.25) is 0 Å². The summed E-state index contributed by atoms with van der Waals surface area (Å²) in [6, 6.07) is 94.0. The van der Waals surface area contributed by atoms with Gasteiger partial charge in [0.15, 0.2) is 0 Å². The van der Waals surface area contributed by atoms with Gasteiger partial charge in [0.2, 0.25) is 0 Å². The maximum atomic E-state index is 2.45. The third-order valence-electron chi connectivity index (χ3n) is 13.8. The predicted molar refractivity (Wildman–Crippen MR) is 273 cm³/mol. The molecule has 11 aromatic rings. The van der Waals surface area contributed by atoms with E-state index in [0.29, 0.717) is 0 Å². The third kappa shape index (κ3) is 5.67. The zero-order valence-electron chi connectivity index (χ0n) is 35.6. The van der Waals surface area contributed by atoms with Crippen LogP contribution < -0.4 is 9.80 Å². The van der Waals surface area contributed by atoms with Crippen LogP contribution in [0.1, 0.15) is 22.3 Å². The number of para-hydroxylation sites is 2. The van der Waals surface area contributed by atoms with Crippen molar-refractivity contribution < 1.29 is 0 Å². The van der Waals surface area contributed by atoms with E-state index in [2.05, 4.69) is 265 Å². The Labute approximate surface area is 379 Å². The summed E-state index contributed by atoms with van der Waals surface area (Å²) in [5.41, 5.74) is 18.9. The number of fused-ring (bicyclic) bond motifs is 12. The van der Waals surface area contributed by atoms with E-state index in [-0.39, 0.29) is 0 Å². The SMILES string of the molecule is c1ccc(N(c2ccc(N(c3ccccc3)c3ccc4ccccc4c3)c(-c3cccc4c3-c3ccccc3C43c4ccccc4-c4ccccc43)c2)c2ccc3ccccc3c2)cc1. The highest BCUT2D eigenvalue weighted by atomic mass is 15.2. The average Bonchev–Trinajstić information content (AvgIpc) is 3.85. The van der Waals surface area contributed by atoms with Gasteiger partial charge in [-0.05, 0) is 138 Å². The van der Waals surface area contributed by atoms with Gasteiger partial charge in [-0.1, -0.05) is 188 Å². The molecule has 0 unspecified atom stereocenters. The molecule has 0 saturated carbocycles. The molecule has 0 amide bonds.